The highest BCUT2D eigenvalue weighted by atomic mass is 16.8. The Hall–Kier alpha value is -3.58. The van der Waals surface area contributed by atoms with Crippen LogP contribution in [0.25, 0.3) is 0 Å². The molecule has 46 heavy (non-hydrogen) atoms. The highest BCUT2D eigenvalue weighted by molar-refractivity contribution is 5.93. The number of esters is 2. The summed E-state index contributed by atoms with van der Waals surface area (Å²) in [5, 5.41) is 42.9. The number of aliphatic hydroxyl groups excluding tert-OH is 1. The van der Waals surface area contributed by atoms with Crippen LogP contribution in [0.3, 0.4) is 0 Å². The number of rotatable bonds is 16. The first-order valence-corrected chi connectivity index (χ1v) is 15.5. The number of carboxylic acids is 2. The second-order valence-corrected chi connectivity index (χ2v) is 12.7. The molecular formula is C34H46O12. The molecule has 0 unspecified atom stereocenters. The van der Waals surface area contributed by atoms with E-state index in [1.807, 2.05) is 51.1 Å². The van der Waals surface area contributed by atoms with Crippen LogP contribution in [0.15, 0.2) is 54.6 Å². The fourth-order valence-corrected chi connectivity index (χ4v) is 6.23. The van der Waals surface area contributed by atoms with Gasteiger partial charge in [-0.25, -0.2) is 14.4 Å². The summed E-state index contributed by atoms with van der Waals surface area (Å²) in [5.41, 5.74) is -4.97. The molecular weight excluding hydrogens is 600 g/mol. The van der Waals surface area contributed by atoms with E-state index in [1.54, 1.807) is 6.08 Å². The van der Waals surface area contributed by atoms with Gasteiger partial charge in [0.15, 0.2) is 11.9 Å². The van der Waals surface area contributed by atoms with Crippen molar-refractivity contribution >= 4 is 23.9 Å². The predicted molar refractivity (Wildman–Crippen MR) is 164 cm³/mol. The molecule has 4 N–H and O–H groups in total. The fraction of sp³-hybridized carbons (Fsp3) is 0.588. The van der Waals surface area contributed by atoms with Crippen molar-refractivity contribution in [2.75, 3.05) is 6.61 Å². The zero-order valence-corrected chi connectivity index (χ0v) is 27.0. The second kappa shape index (κ2) is 14.9. The van der Waals surface area contributed by atoms with E-state index in [4.69, 9.17) is 18.9 Å². The number of fused-ring (bicyclic) bond motifs is 2. The van der Waals surface area contributed by atoms with Gasteiger partial charge in [0, 0.05) is 25.3 Å². The van der Waals surface area contributed by atoms with E-state index in [1.165, 1.54) is 6.92 Å². The molecule has 1 aromatic carbocycles. The van der Waals surface area contributed by atoms with Crippen molar-refractivity contribution in [1.29, 1.82) is 0 Å². The van der Waals surface area contributed by atoms with Gasteiger partial charge in [-0.15, -0.1) is 0 Å². The maximum atomic E-state index is 12.9. The van der Waals surface area contributed by atoms with Gasteiger partial charge < -0.3 is 39.4 Å². The van der Waals surface area contributed by atoms with Crippen LogP contribution in [0.2, 0.25) is 0 Å². The van der Waals surface area contributed by atoms with Crippen LogP contribution >= 0.6 is 0 Å². The van der Waals surface area contributed by atoms with E-state index in [9.17, 15) is 39.6 Å². The van der Waals surface area contributed by atoms with Crippen LogP contribution in [0.5, 0.6) is 0 Å². The normalized spacial score (nSPS) is 29.8. The summed E-state index contributed by atoms with van der Waals surface area (Å²) in [6.07, 6.45) is -0.448. The summed E-state index contributed by atoms with van der Waals surface area (Å²) in [4.78, 5) is 50.0. The number of hydrogen-bond donors (Lipinski definition) is 4. The Balaban J connectivity index is 1.89. The smallest absolute Gasteiger partial charge is 0.344 e. The first-order valence-electron chi connectivity index (χ1n) is 15.5. The standard InChI is InChI=1S/C34H46O12/c1-7-20(2)17-21(3)13-14-26(36)45-29-28(37)33(43-19-32(42,30(38)39)34(29,46-33)31(40)41)16-15-22(4)27(44-24(6)35)23(5)18-25-11-9-8-10-12-25/h8-14,20-21,23,27-29,37,42H,4,7,15-19H2,1-3,5-6H3,(H,38,39)(H,40,41)/b14-13+/t20-,21+,23+,27+,28+,29+,32+,33+,34+/m0/s1. The topological polar surface area (TPSA) is 186 Å². The van der Waals surface area contributed by atoms with Crippen molar-refractivity contribution in [3.63, 3.8) is 0 Å². The largest absolute Gasteiger partial charge is 0.479 e. The summed E-state index contributed by atoms with van der Waals surface area (Å²) in [7, 11) is 0. The number of carbonyl (C=O) groups excluding carboxylic acids is 2. The lowest BCUT2D eigenvalue weighted by atomic mass is 9.78. The molecule has 2 saturated heterocycles. The first-order chi connectivity index (χ1) is 21.5. The number of hydrogen-bond acceptors (Lipinski definition) is 10. The van der Waals surface area contributed by atoms with Crippen molar-refractivity contribution in [2.24, 2.45) is 17.8 Å². The molecule has 9 atom stereocenters. The summed E-state index contributed by atoms with van der Waals surface area (Å²) >= 11 is 0. The van der Waals surface area contributed by atoms with E-state index in [0.717, 1.165) is 24.5 Å². The van der Waals surface area contributed by atoms with E-state index in [-0.39, 0.29) is 24.7 Å². The minimum absolute atomic E-state index is 0.0361. The van der Waals surface area contributed by atoms with E-state index in [2.05, 4.69) is 13.5 Å². The Morgan fingerprint density at radius 2 is 1.76 bits per heavy atom. The minimum Gasteiger partial charge on any atom is -0.479 e. The molecule has 12 heteroatoms. The first kappa shape index (κ1) is 36.9. The predicted octanol–water partition coefficient (Wildman–Crippen LogP) is 3.43. The van der Waals surface area contributed by atoms with Gasteiger partial charge in [0.2, 0.25) is 11.2 Å². The van der Waals surface area contributed by atoms with E-state index >= 15 is 0 Å². The number of aliphatic hydroxyl groups is 2. The van der Waals surface area contributed by atoms with Crippen molar-refractivity contribution in [2.45, 2.75) is 102 Å². The molecule has 2 aliphatic heterocycles. The molecule has 2 bridgehead atoms. The number of ether oxygens (including phenoxy) is 4. The number of allylic oxidation sites excluding steroid dienone is 1. The van der Waals surface area contributed by atoms with Crippen molar-refractivity contribution in [1.82, 2.24) is 0 Å². The Morgan fingerprint density at radius 3 is 2.33 bits per heavy atom. The number of benzene rings is 1. The Labute approximate surface area is 269 Å². The van der Waals surface area contributed by atoms with Gasteiger partial charge in [0.05, 0.1) is 6.61 Å². The SMILES string of the molecule is C=C(CC[C@@]12OC[C@@](O)(C(=O)O)[C@@](C(=O)O)(O1)[C@H](OC(=O)/C=C/[C@@H](C)C[C@@H](C)CC)[C@H]2O)[C@@H](OC(C)=O)[C@H](C)Cc1ccccc1. The van der Waals surface area contributed by atoms with Crippen LogP contribution in [-0.4, -0.2) is 86.2 Å². The lowest BCUT2D eigenvalue weighted by Crippen LogP contribution is -2.73. The van der Waals surface area contributed by atoms with Crippen LogP contribution in [0.1, 0.15) is 65.9 Å². The Kier molecular flexibility index (Phi) is 11.9. The molecule has 1 aromatic rings. The number of carbonyl (C=O) groups is 4. The molecule has 0 aromatic heterocycles. The molecule has 0 saturated carbocycles. The van der Waals surface area contributed by atoms with E-state index in [0.29, 0.717) is 17.9 Å². The monoisotopic (exact) mass is 646 g/mol. The van der Waals surface area contributed by atoms with Crippen molar-refractivity contribution in [3.05, 3.63) is 60.2 Å². The number of carboxylic acid groups (broad SMARTS) is 2. The molecule has 0 aliphatic carbocycles. The molecule has 2 heterocycles. The molecule has 0 radical (unpaired) electrons. The maximum absolute atomic E-state index is 12.9. The van der Waals surface area contributed by atoms with Crippen molar-refractivity contribution < 1.29 is 58.6 Å². The van der Waals surface area contributed by atoms with Gasteiger partial charge in [-0.1, -0.05) is 77.1 Å². The van der Waals surface area contributed by atoms with Gasteiger partial charge in [-0.2, -0.15) is 0 Å². The third kappa shape index (κ3) is 7.52. The zero-order valence-electron chi connectivity index (χ0n) is 27.0. The zero-order chi connectivity index (χ0) is 34.4. The number of aliphatic carboxylic acids is 2. The molecule has 12 nitrogen and oxygen atoms in total. The van der Waals surface area contributed by atoms with Gasteiger partial charge in [-0.05, 0) is 42.2 Å². The third-order valence-corrected chi connectivity index (χ3v) is 8.97. The minimum atomic E-state index is -3.24. The van der Waals surface area contributed by atoms with E-state index < -0.39 is 65.8 Å². The molecule has 3 rings (SSSR count). The van der Waals surface area contributed by atoms with Gasteiger partial charge in [0.25, 0.3) is 0 Å². The molecule has 0 amide bonds. The van der Waals surface area contributed by atoms with Crippen LogP contribution in [-0.2, 0) is 44.5 Å². The van der Waals surface area contributed by atoms with Gasteiger partial charge in [0.1, 0.15) is 12.2 Å². The molecule has 2 fully saturated rings. The van der Waals surface area contributed by atoms with Gasteiger partial charge in [-0.3, -0.25) is 4.79 Å². The summed E-state index contributed by atoms with van der Waals surface area (Å²) in [6, 6.07) is 9.51. The average Bonchev–Trinajstić information content (AvgIpc) is 3.21. The summed E-state index contributed by atoms with van der Waals surface area (Å²) in [6.45, 7) is 12.1. The maximum Gasteiger partial charge on any atom is 0.344 e. The third-order valence-electron chi connectivity index (χ3n) is 8.97. The van der Waals surface area contributed by atoms with Crippen LogP contribution < -0.4 is 0 Å². The van der Waals surface area contributed by atoms with Gasteiger partial charge >= 0.3 is 23.9 Å². The average molecular weight is 647 g/mol. The highest BCUT2D eigenvalue weighted by Crippen LogP contribution is 2.53. The summed E-state index contributed by atoms with van der Waals surface area (Å²) < 4.78 is 22.4. The van der Waals surface area contributed by atoms with Crippen LogP contribution in [0.4, 0.5) is 0 Å². The quantitative estimate of drug-likeness (QED) is 0.117. The molecule has 254 valence electrons. The molecule has 0 spiro atoms. The lowest BCUT2D eigenvalue weighted by molar-refractivity contribution is -0.354. The fourth-order valence-electron chi connectivity index (χ4n) is 6.23. The molecule has 2 aliphatic rings. The lowest BCUT2D eigenvalue weighted by Gasteiger charge is -2.45. The van der Waals surface area contributed by atoms with Crippen LogP contribution in [0, 0.1) is 17.8 Å². The highest BCUT2D eigenvalue weighted by Gasteiger charge is 2.82. The summed E-state index contributed by atoms with van der Waals surface area (Å²) in [5.74, 6) is -7.70. The Morgan fingerprint density at radius 1 is 1.11 bits per heavy atom. The second-order valence-electron chi connectivity index (χ2n) is 12.7. The Bertz CT molecular complexity index is 1310. The van der Waals surface area contributed by atoms with Crippen molar-refractivity contribution in [3.8, 4) is 0 Å².